The maximum Gasteiger partial charge on any atom is 0.305 e. The van der Waals surface area contributed by atoms with E-state index in [1.807, 2.05) is 17.0 Å². The zero-order valence-electron chi connectivity index (χ0n) is 25.1. The van der Waals surface area contributed by atoms with Crippen molar-refractivity contribution in [3.8, 4) is 5.75 Å². The highest BCUT2D eigenvalue weighted by atomic mass is 16.5. The van der Waals surface area contributed by atoms with Crippen LogP contribution in [0.1, 0.15) is 46.8 Å². The number of hydrogen-bond acceptors (Lipinski definition) is 8. The molecule has 236 valence electrons. The number of ether oxygens (including phenoxy) is 2. The molecule has 2 saturated heterocycles. The molecule has 12 nitrogen and oxygen atoms in total. The van der Waals surface area contributed by atoms with Crippen LogP contribution in [-0.2, 0) is 25.5 Å². The molecule has 2 aliphatic rings. The first-order chi connectivity index (χ1) is 21.8. The van der Waals surface area contributed by atoms with E-state index in [0.717, 1.165) is 18.4 Å². The molecule has 0 spiro atoms. The van der Waals surface area contributed by atoms with Crippen LogP contribution in [0.2, 0.25) is 0 Å². The van der Waals surface area contributed by atoms with Crippen molar-refractivity contribution in [3.05, 3.63) is 83.7 Å². The van der Waals surface area contributed by atoms with Crippen LogP contribution in [0.5, 0.6) is 5.75 Å². The number of methoxy groups -OCH3 is 1. The number of nitrogens with zero attached hydrogens (tertiary/aromatic N) is 3. The monoisotopic (exact) mass is 615 g/mol. The lowest BCUT2D eigenvalue weighted by Crippen LogP contribution is -2.51. The number of carbonyl (C=O) groups is 4. The zero-order chi connectivity index (χ0) is 31.8. The molecule has 45 heavy (non-hydrogen) atoms. The average molecular weight is 616 g/mol. The highest BCUT2D eigenvalue weighted by Gasteiger charge is 2.31. The molecule has 0 radical (unpaired) electrons. The summed E-state index contributed by atoms with van der Waals surface area (Å²) in [5, 5.41) is 15.2. The summed E-state index contributed by atoms with van der Waals surface area (Å²) in [4.78, 5) is 59.0. The van der Waals surface area contributed by atoms with Crippen molar-refractivity contribution in [2.24, 2.45) is 0 Å². The summed E-state index contributed by atoms with van der Waals surface area (Å²) >= 11 is 0. The van der Waals surface area contributed by atoms with E-state index in [2.05, 4.69) is 20.5 Å². The lowest BCUT2D eigenvalue weighted by Gasteiger charge is -2.37. The first kappa shape index (κ1) is 31.5. The summed E-state index contributed by atoms with van der Waals surface area (Å²) in [6.45, 7) is 2.68. The second kappa shape index (κ2) is 14.7. The van der Waals surface area contributed by atoms with Gasteiger partial charge < -0.3 is 35.0 Å². The molecule has 1 aromatic heterocycles. The number of carboxylic acid groups (broad SMARTS) is 1. The van der Waals surface area contributed by atoms with E-state index in [1.165, 1.54) is 6.20 Å². The van der Waals surface area contributed by atoms with E-state index in [4.69, 9.17) is 9.47 Å². The molecule has 2 unspecified atom stereocenters. The summed E-state index contributed by atoms with van der Waals surface area (Å²) in [5.41, 5.74) is 2.76. The number of carboxylic acids is 1. The van der Waals surface area contributed by atoms with Crippen molar-refractivity contribution in [3.63, 3.8) is 0 Å². The number of carbonyl (C=O) groups excluding carboxylic acids is 3. The van der Waals surface area contributed by atoms with E-state index in [-0.39, 0.29) is 36.3 Å². The standard InChI is InChI=1S/C33H37N5O7/c1-44-25-9-6-22(7-10-25)18-30(39)35-27-19-23(32(42)36-26(20-31(40)41)24-4-2-12-34-21-24)8-11-28(27)37-13-15-38(16-14-37)33(43)29-5-3-17-45-29/h2,4,6-12,19,21,26,29H,3,5,13-18,20H2,1H3,(H,35,39)(H,36,42)(H,40,41). The predicted octanol–water partition coefficient (Wildman–Crippen LogP) is 3.04. The molecule has 2 atom stereocenters. The van der Waals surface area contributed by atoms with E-state index < -0.39 is 17.9 Å². The first-order valence-electron chi connectivity index (χ1n) is 15.0. The highest BCUT2D eigenvalue weighted by Crippen LogP contribution is 2.30. The van der Waals surface area contributed by atoms with E-state index in [9.17, 15) is 24.3 Å². The SMILES string of the molecule is COc1ccc(CC(=O)Nc2cc(C(=O)NC(CC(=O)O)c3cccnc3)ccc2N2CCN(C(=O)C3CCCO3)CC2)cc1. The van der Waals surface area contributed by atoms with Crippen molar-refractivity contribution in [1.82, 2.24) is 15.2 Å². The molecule has 2 fully saturated rings. The predicted molar refractivity (Wildman–Crippen MR) is 166 cm³/mol. The van der Waals surface area contributed by atoms with Crippen LogP contribution in [0.15, 0.2) is 67.0 Å². The Morgan fingerprint density at radius 3 is 2.49 bits per heavy atom. The van der Waals surface area contributed by atoms with Gasteiger partial charge >= 0.3 is 5.97 Å². The lowest BCUT2D eigenvalue weighted by molar-refractivity contribution is -0.141. The van der Waals surface area contributed by atoms with Crippen LogP contribution in [0.4, 0.5) is 11.4 Å². The van der Waals surface area contributed by atoms with E-state index in [0.29, 0.717) is 55.5 Å². The fourth-order valence-corrected chi connectivity index (χ4v) is 5.57. The third kappa shape index (κ3) is 8.15. The van der Waals surface area contributed by atoms with Gasteiger partial charge in [-0.05, 0) is 60.4 Å². The summed E-state index contributed by atoms with van der Waals surface area (Å²) in [6.07, 6.45) is 4.11. The van der Waals surface area contributed by atoms with E-state index in [1.54, 1.807) is 55.8 Å². The van der Waals surface area contributed by atoms with Crippen LogP contribution in [0.3, 0.4) is 0 Å². The smallest absolute Gasteiger partial charge is 0.305 e. The Morgan fingerprint density at radius 2 is 1.84 bits per heavy atom. The van der Waals surface area contributed by atoms with Gasteiger partial charge in [0, 0.05) is 50.7 Å². The number of anilines is 2. The molecular weight excluding hydrogens is 578 g/mol. The van der Waals surface area contributed by atoms with Crippen molar-refractivity contribution in [1.29, 1.82) is 0 Å². The van der Waals surface area contributed by atoms with Gasteiger partial charge in [0.2, 0.25) is 5.91 Å². The van der Waals surface area contributed by atoms with E-state index >= 15 is 0 Å². The van der Waals surface area contributed by atoms with Crippen LogP contribution in [0, 0.1) is 0 Å². The number of piperazine rings is 1. The topological polar surface area (TPSA) is 150 Å². The normalized spacial score (nSPS) is 17.0. The Morgan fingerprint density at radius 1 is 1.07 bits per heavy atom. The van der Waals surface area contributed by atoms with Gasteiger partial charge in [-0.25, -0.2) is 0 Å². The largest absolute Gasteiger partial charge is 0.497 e. The van der Waals surface area contributed by atoms with Gasteiger partial charge in [0.05, 0.1) is 37.4 Å². The molecule has 3 heterocycles. The van der Waals surface area contributed by atoms with Gasteiger partial charge in [0.15, 0.2) is 0 Å². The second-order valence-electron chi connectivity index (χ2n) is 11.0. The van der Waals surface area contributed by atoms with Gasteiger partial charge in [-0.15, -0.1) is 0 Å². The fourth-order valence-electron chi connectivity index (χ4n) is 5.57. The Labute approximate surface area is 261 Å². The number of aromatic nitrogens is 1. The molecule has 0 aliphatic carbocycles. The number of rotatable bonds is 11. The first-order valence-corrected chi connectivity index (χ1v) is 15.0. The molecule has 3 N–H and O–H groups in total. The lowest BCUT2D eigenvalue weighted by atomic mass is 10.0. The molecule has 0 saturated carbocycles. The number of nitrogens with one attached hydrogen (secondary N) is 2. The maximum atomic E-state index is 13.4. The van der Waals surface area contributed by atoms with Crippen LogP contribution in [0.25, 0.3) is 0 Å². The van der Waals surface area contributed by atoms with Gasteiger partial charge in [0.1, 0.15) is 11.9 Å². The molecule has 3 aromatic rings. The number of hydrogen-bond donors (Lipinski definition) is 3. The van der Waals surface area contributed by atoms with Gasteiger partial charge in [-0.2, -0.15) is 0 Å². The molecule has 3 amide bonds. The summed E-state index contributed by atoms with van der Waals surface area (Å²) in [5.74, 6) is -1.14. The quantitative estimate of drug-likeness (QED) is 0.296. The van der Waals surface area contributed by atoms with Crippen LogP contribution < -0.4 is 20.3 Å². The van der Waals surface area contributed by atoms with Crippen molar-refractivity contribution < 1.29 is 33.8 Å². The Kier molecular flexibility index (Phi) is 10.3. The van der Waals surface area contributed by atoms with Crippen molar-refractivity contribution in [2.45, 2.75) is 37.8 Å². The fraction of sp³-hybridized carbons (Fsp3) is 0.364. The molecule has 2 aliphatic heterocycles. The summed E-state index contributed by atoms with van der Waals surface area (Å²) in [6, 6.07) is 14.8. The summed E-state index contributed by atoms with van der Waals surface area (Å²) < 4.78 is 10.8. The van der Waals surface area contributed by atoms with Crippen molar-refractivity contribution in [2.75, 3.05) is 50.1 Å². The minimum Gasteiger partial charge on any atom is -0.497 e. The zero-order valence-corrected chi connectivity index (χ0v) is 25.1. The second-order valence-corrected chi connectivity index (χ2v) is 11.0. The summed E-state index contributed by atoms with van der Waals surface area (Å²) in [7, 11) is 1.57. The van der Waals surface area contributed by atoms with Gasteiger partial charge in [0.25, 0.3) is 11.8 Å². The van der Waals surface area contributed by atoms with Crippen LogP contribution >= 0.6 is 0 Å². The number of benzene rings is 2. The molecule has 0 bridgehead atoms. The number of aliphatic carboxylic acids is 1. The Balaban J connectivity index is 1.35. The maximum absolute atomic E-state index is 13.4. The minimum atomic E-state index is -1.07. The Bertz CT molecular complexity index is 1500. The average Bonchev–Trinajstić information content (AvgIpc) is 3.60. The number of pyridine rings is 1. The van der Waals surface area contributed by atoms with Crippen molar-refractivity contribution >= 4 is 35.1 Å². The van der Waals surface area contributed by atoms with Crippen LogP contribution in [-0.4, -0.2) is 84.7 Å². The number of amides is 3. The highest BCUT2D eigenvalue weighted by molar-refractivity contribution is 6.00. The molecule has 2 aromatic carbocycles. The molecule has 12 heteroatoms. The van der Waals surface area contributed by atoms with Gasteiger partial charge in [-0.1, -0.05) is 18.2 Å². The third-order valence-corrected chi connectivity index (χ3v) is 7.96. The Hall–Kier alpha value is -4.97. The minimum absolute atomic E-state index is 0.0109. The molecule has 5 rings (SSSR count). The van der Waals surface area contributed by atoms with Gasteiger partial charge in [-0.3, -0.25) is 24.2 Å². The molecular formula is C33H37N5O7. The third-order valence-electron chi connectivity index (χ3n) is 7.96.